The molecule has 0 saturated carbocycles. The van der Waals surface area contributed by atoms with Crippen LogP contribution in [-0.2, 0) is 0 Å². The Balaban J connectivity index is 2.80. The fraction of sp³-hybridized carbons (Fsp3) is 0.250. The van der Waals surface area contributed by atoms with Crippen LogP contribution in [0, 0.1) is 0 Å². The summed E-state index contributed by atoms with van der Waals surface area (Å²) in [5, 5.41) is 1.90. The molecule has 14 heavy (non-hydrogen) atoms. The average molecular weight is 206 g/mol. The molecule has 2 rings (SSSR count). The first-order chi connectivity index (χ1) is 6.68. The Labute approximate surface area is 88.7 Å². The van der Waals surface area contributed by atoms with E-state index in [0.717, 1.165) is 15.9 Å². The fourth-order valence-corrected chi connectivity index (χ4v) is 1.86. The van der Waals surface area contributed by atoms with E-state index in [2.05, 4.69) is 18.8 Å². The molecule has 0 atom stereocenters. The van der Waals surface area contributed by atoms with Gasteiger partial charge < -0.3 is 0 Å². The largest absolute Gasteiger partial charge is 0.256 e. The number of benzene rings is 1. The maximum absolute atomic E-state index is 6.04. The molecule has 0 aliphatic heterocycles. The van der Waals surface area contributed by atoms with Gasteiger partial charge in [-0.3, -0.25) is 4.98 Å². The van der Waals surface area contributed by atoms with Crippen LogP contribution in [0.4, 0.5) is 0 Å². The summed E-state index contributed by atoms with van der Waals surface area (Å²) in [6.07, 6.45) is 1.82. The summed E-state index contributed by atoms with van der Waals surface area (Å²) in [5.41, 5.74) is 2.28. The Morgan fingerprint density at radius 1 is 1.29 bits per heavy atom. The molecule has 0 unspecified atom stereocenters. The Morgan fingerprint density at radius 2 is 2.07 bits per heavy atom. The van der Waals surface area contributed by atoms with E-state index in [-0.39, 0.29) is 0 Å². The van der Waals surface area contributed by atoms with Crippen molar-refractivity contribution < 1.29 is 0 Å². The third-order valence-electron chi connectivity index (χ3n) is 2.32. The number of rotatable bonds is 1. The lowest BCUT2D eigenvalue weighted by atomic mass is 10.00. The highest BCUT2D eigenvalue weighted by Gasteiger charge is 2.07. The second kappa shape index (κ2) is 3.58. The van der Waals surface area contributed by atoms with Crippen molar-refractivity contribution in [3.05, 3.63) is 41.0 Å². The lowest BCUT2D eigenvalue weighted by molar-refractivity contribution is 0.873. The third-order valence-corrected chi connectivity index (χ3v) is 2.54. The number of fused-ring (bicyclic) bond motifs is 1. The van der Waals surface area contributed by atoms with Crippen molar-refractivity contribution in [2.45, 2.75) is 19.8 Å². The molecule has 2 heteroatoms. The summed E-state index contributed by atoms with van der Waals surface area (Å²) in [5.74, 6) is 0.450. The molecular weight excluding hydrogens is 194 g/mol. The maximum atomic E-state index is 6.04. The standard InChI is InChI=1S/C12H12ClN/c1-8(2)11-7-10(13)6-9-4-3-5-14-12(9)11/h3-8H,1-2H3. The molecular formula is C12H12ClN. The second-order valence-electron chi connectivity index (χ2n) is 3.72. The second-order valence-corrected chi connectivity index (χ2v) is 4.16. The summed E-state index contributed by atoms with van der Waals surface area (Å²) in [4.78, 5) is 4.38. The third kappa shape index (κ3) is 1.60. The Bertz CT molecular complexity index is 463. The van der Waals surface area contributed by atoms with Crippen molar-refractivity contribution in [3.63, 3.8) is 0 Å². The molecule has 0 aliphatic carbocycles. The van der Waals surface area contributed by atoms with E-state index in [4.69, 9.17) is 11.6 Å². The molecule has 0 aliphatic rings. The topological polar surface area (TPSA) is 12.9 Å². The van der Waals surface area contributed by atoms with Crippen LogP contribution in [0.15, 0.2) is 30.5 Å². The van der Waals surface area contributed by atoms with Gasteiger partial charge in [0.1, 0.15) is 0 Å². The first-order valence-electron chi connectivity index (χ1n) is 4.72. The number of nitrogens with zero attached hydrogens (tertiary/aromatic N) is 1. The van der Waals surface area contributed by atoms with Gasteiger partial charge in [-0.15, -0.1) is 0 Å². The quantitative estimate of drug-likeness (QED) is 0.686. The zero-order valence-corrected chi connectivity index (χ0v) is 9.05. The minimum absolute atomic E-state index is 0.450. The molecule has 0 spiro atoms. The Hall–Kier alpha value is -1.08. The highest BCUT2D eigenvalue weighted by atomic mass is 35.5. The van der Waals surface area contributed by atoms with Crippen molar-refractivity contribution in [1.82, 2.24) is 4.98 Å². The Kier molecular flexibility index (Phi) is 2.42. The zero-order valence-electron chi connectivity index (χ0n) is 8.29. The summed E-state index contributed by atoms with van der Waals surface area (Å²) < 4.78 is 0. The smallest absolute Gasteiger partial charge is 0.0737 e. The summed E-state index contributed by atoms with van der Waals surface area (Å²) in [7, 11) is 0. The maximum Gasteiger partial charge on any atom is 0.0737 e. The van der Waals surface area contributed by atoms with Gasteiger partial charge in [-0.25, -0.2) is 0 Å². The summed E-state index contributed by atoms with van der Waals surface area (Å²) in [6.45, 7) is 4.31. The number of hydrogen-bond acceptors (Lipinski definition) is 1. The van der Waals surface area contributed by atoms with Gasteiger partial charge in [0.05, 0.1) is 5.52 Å². The minimum Gasteiger partial charge on any atom is -0.256 e. The number of halogens is 1. The molecule has 1 aromatic heterocycles. The van der Waals surface area contributed by atoms with E-state index >= 15 is 0 Å². The van der Waals surface area contributed by atoms with Gasteiger partial charge in [-0.05, 0) is 29.7 Å². The van der Waals surface area contributed by atoms with Gasteiger partial charge in [0.25, 0.3) is 0 Å². The van der Waals surface area contributed by atoms with Gasteiger partial charge >= 0.3 is 0 Å². The lowest BCUT2D eigenvalue weighted by Gasteiger charge is -2.09. The molecule has 0 amide bonds. The van der Waals surface area contributed by atoms with Gasteiger partial charge in [0, 0.05) is 16.6 Å². The molecule has 0 N–H and O–H groups in total. The van der Waals surface area contributed by atoms with Crippen LogP contribution in [0.3, 0.4) is 0 Å². The summed E-state index contributed by atoms with van der Waals surface area (Å²) >= 11 is 6.04. The summed E-state index contributed by atoms with van der Waals surface area (Å²) in [6, 6.07) is 7.93. The molecule has 0 saturated heterocycles. The van der Waals surface area contributed by atoms with Crippen molar-refractivity contribution in [1.29, 1.82) is 0 Å². The van der Waals surface area contributed by atoms with Crippen LogP contribution in [0.5, 0.6) is 0 Å². The lowest BCUT2D eigenvalue weighted by Crippen LogP contribution is -1.91. The molecule has 72 valence electrons. The van der Waals surface area contributed by atoms with Gasteiger partial charge in [0.15, 0.2) is 0 Å². The number of hydrogen-bond donors (Lipinski definition) is 0. The average Bonchev–Trinajstić information content (AvgIpc) is 2.16. The highest BCUT2D eigenvalue weighted by molar-refractivity contribution is 6.31. The normalized spacial score (nSPS) is 11.1. The molecule has 1 heterocycles. The van der Waals surface area contributed by atoms with Crippen LogP contribution in [0.2, 0.25) is 5.02 Å². The van der Waals surface area contributed by atoms with E-state index < -0.39 is 0 Å². The molecule has 0 bridgehead atoms. The van der Waals surface area contributed by atoms with Crippen LogP contribution in [-0.4, -0.2) is 4.98 Å². The SMILES string of the molecule is CC(C)c1cc(Cl)cc2cccnc12. The van der Waals surface area contributed by atoms with Gasteiger partial charge in [-0.1, -0.05) is 31.5 Å². The fourth-order valence-electron chi connectivity index (χ4n) is 1.62. The first kappa shape index (κ1) is 9.47. The van der Waals surface area contributed by atoms with Crippen molar-refractivity contribution in [3.8, 4) is 0 Å². The van der Waals surface area contributed by atoms with Gasteiger partial charge in [-0.2, -0.15) is 0 Å². The van der Waals surface area contributed by atoms with E-state index in [0.29, 0.717) is 5.92 Å². The first-order valence-corrected chi connectivity index (χ1v) is 5.10. The monoisotopic (exact) mass is 205 g/mol. The number of pyridine rings is 1. The van der Waals surface area contributed by atoms with E-state index in [1.807, 2.05) is 30.5 Å². The number of aromatic nitrogens is 1. The molecule has 1 aromatic carbocycles. The predicted octanol–water partition coefficient (Wildman–Crippen LogP) is 4.01. The molecule has 1 nitrogen and oxygen atoms in total. The van der Waals surface area contributed by atoms with E-state index in [9.17, 15) is 0 Å². The molecule has 2 aromatic rings. The van der Waals surface area contributed by atoms with Crippen LogP contribution >= 0.6 is 11.6 Å². The van der Waals surface area contributed by atoms with Gasteiger partial charge in [0.2, 0.25) is 0 Å². The van der Waals surface area contributed by atoms with E-state index in [1.165, 1.54) is 5.56 Å². The predicted molar refractivity (Wildman–Crippen MR) is 60.8 cm³/mol. The van der Waals surface area contributed by atoms with Crippen LogP contribution < -0.4 is 0 Å². The van der Waals surface area contributed by atoms with E-state index in [1.54, 1.807) is 0 Å². The van der Waals surface area contributed by atoms with Crippen molar-refractivity contribution in [2.24, 2.45) is 0 Å². The van der Waals surface area contributed by atoms with Crippen molar-refractivity contribution >= 4 is 22.5 Å². The van der Waals surface area contributed by atoms with Crippen LogP contribution in [0.25, 0.3) is 10.9 Å². The minimum atomic E-state index is 0.450. The van der Waals surface area contributed by atoms with Crippen LogP contribution in [0.1, 0.15) is 25.3 Å². The Morgan fingerprint density at radius 3 is 2.79 bits per heavy atom. The van der Waals surface area contributed by atoms with Crippen molar-refractivity contribution in [2.75, 3.05) is 0 Å². The molecule has 0 fully saturated rings. The zero-order chi connectivity index (χ0) is 10.1. The highest BCUT2D eigenvalue weighted by Crippen LogP contribution is 2.27. The molecule has 0 radical (unpaired) electrons.